The minimum atomic E-state index is 0.420. The second kappa shape index (κ2) is 5.44. The molecule has 2 aromatic rings. The van der Waals surface area contributed by atoms with Crippen molar-refractivity contribution >= 4 is 5.82 Å². The first-order valence-electron chi connectivity index (χ1n) is 5.91. The molecular weight excluding hydrogens is 228 g/mol. The highest BCUT2D eigenvalue weighted by Crippen LogP contribution is 2.20. The lowest BCUT2D eigenvalue weighted by atomic mass is 10.3. The van der Waals surface area contributed by atoms with Crippen molar-refractivity contribution in [2.24, 2.45) is 0 Å². The predicted molar refractivity (Wildman–Crippen MR) is 69.5 cm³/mol. The average Bonchev–Trinajstić information content (AvgIpc) is 2.32. The van der Waals surface area contributed by atoms with Crippen LogP contribution in [0.2, 0.25) is 0 Å². The Bertz CT molecular complexity index is 525. The molecule has 2 aromatic heterocycles. The highest BCUT2D eigenvalue weighted by molar-refractivity contribution is 5.35. The van der Waals surface area contributed by atoms with Gasteiger partial charge in [-0.25, -0.2) is 4.98 Å². The van der Waals surface area contributed by atoms with Gasteiger partial charge in [0.2, 0.25) is 5.88 Å². The third-order valence-corrected chi connectivity index (χ3v) is 2.35. The molecule has 0 bridgehead atoms. The molecule has 0 unspecified atom stereocenters. The van der Waals surface area contributed by atoms with Crippen LogP contribution in [0.1, 0.15) is 24.9 Å². The molecule has 0 aliphatic carbocycles. The van der Waals surface area contributed by atoms with Gasteiger partial charge in [-0.05, 0) is 25.5 Å². The second-order valence-electron chi connectivity index (χ2n) is 4.03. The normalized spacial score (nSPS) is 10.3. The fraction of sp³-hybridized carbons (Fsp3) is 0.308. The number of nitrogen functional groups attached to an aromatic ring is 1. The van der Waals surface area contributed by atoms with Crippen LogP contribution in [0.25, 0.3) is 0 Å². The second-order valence-corrected chi connectivity index (χ2v) is 4.03. The number of rotatable bonds is 4. The first-order valence-corrected chi connectivity index (χ1v) is 5.91. The largest absolute Gasteiger partial charge is 0.437 e. The summed E-state index contributed by atoms with van der Waals surface area (Å²) in [7, 11) is 0. The highest BCUT2D eigenvalue weighted by atomic mass is 16.5. The molecule has 2 heterocycles. The van der Waals surface area contributed by atoms with E-state index in [2.05, 4.69) is 21.9 Å². The molecule has 0 amide bonds. The van der Waals surface area contributed by atoms with Gasteiger partial charge in [0.1, 0.15) is 17.4 Å². The van der Waals surface area contributed by atoms with Gasteiger partial charge in [-0.2, -0.15) is 4.98 Å². The van der Waals surface area contributed by atoms with Crippen LogP contribution in [0, 0.1) is 6.92 Å². The Balaban J connectivity index is 2.20. The van der Waals surface area contributed by atoms with Gasteiger partial charge in [0.05, 0.1) is 6.20 Å². The lowest BCUT2D eigenvalue weighted by Crippen LogP contribution is -2.01. The first-order chi connectivity index (χ1) is 8.67. The Hall–Kier alpha value is -2.17. The van der Waals surface area contributed by atoms with Crippen molar-refractivity contribution in [1.29, 1.82) is 0 Å². The van der Waals surface area contributed by atoms with Crippen LogP contribution in [0.3, 0.4) is 0 Å². The van der Waals surface area contributed by atoms with E-state index < -0.39 is 0 Å². The van der Waals surface area contributed by atoms with Crippen LogP contribution >= 0.6 is 0 Å². The van der Waals surface area contributed by atoms with Gasteiger partial charge in [-0.1, -0.05) is 6.92 Å². The van der Waals surface area contributed by atoms with E-state index in [1.165, 1.54) is 0 Å². The van der Waals surface area contributed by atoms with Crippen molar-refractivity contribution in [3.05, 3.63) is 35.9 Å². The van der Waals surface area contributed by atoms with E-state index in [1.807, 2.05) is 19.1 Å². The first kappa shape index (κ1) is 12.3. The summed E-state index contributed by atoms with van der Waals surface area (Å²) < 4.78 is 5.61. The van der Waals surface area contributed by atoms with Crippen LogP contribution in [0.15, 0.2) is 24.4 Å². The topological polar surface area (TPSA) is 73.9 Å². The Kier molecular flexibility index (Phi) is 3.72. The molecule has 0 spiro atoms. The number of hydrogen-bond donors (Lipinski definition) is 1. The summed E-state index contributed by atoms with van der Waals surface area (Å²) in [5.74, 6) is 2.22. The molecule has 5 heteroatoms. The molecule has 2 rings (SSSR count). The fourth-order valence-corrected chi connectivity index (χ4v) is 1.52. The van der Waals surface area contributed by atoms with Crippen molar-refractivity contribution < 1.29 is 4.74 Å². The number of pyridine rings is 1. The van der Waals surface area contributed by atoms with Crippen LogP contribution in [0.5, 0.6) is 11.6 Å². The summed E-state index contributed by atoms with van der Waals surface area (Å²) in [6.07, 6.45) is 3.41. The molecule has 0 atom stereocenters. The van der Waals surface area contributed by atoms with Gasteiger partial charge >= 0.3 is 0 Å². The number of nitrogens with two attached hydrogens (primary N) is 1. The minimum absolute atomic E-state index is 0.420. The molecule has 0 fully saturated rings. The molecule has 94 valence electrons. The molecule has 0 aliphatic heterocycles. The van der Waals surface area contributed by atoms with Crippen molar-refractivity contribution in [1.82, 2.24) is 15.0 Å². The summed E-state index contributed by atoms with van der Waals surface area (Å²) in [6, 6.07) is 5.34. The average molecular weight is 244 g/mol. The predicted octanol–water partition coefficient (Wildman–Crippen LogP) is 2.51. The molecule has 2 N–H and O–H groups in total. The number of ether oxygens (including phenoxy) is 1. The monoisotopic (exact) mass is 244 g/mol. The summed E-state index contributed by atoms with van der Waals surface area (Å²) in [5, 5.41) is 0. The third kappa shape index (κ3) is 3.16. The van der Waals surface area contributed by atoms with E-state index in [-0.39, 0.29) is 0 Å². The van der Waals surface area contributed by atoms with Crippen molar-refractivity contribution in [2.45, 2.75) is 26.7 Å². The summed E-state index contributed by atoms with van der Waals surface area (Å²) in [5.41, 5.74) is 6.66. The number of hydrogen-bond acceptors (Lipinski definition) is 5. The number of aromatic nitrogens is 3. The van der Waals surface area contributed by atoms with Crippen LogP contribution in [0.4, 0.5) is 5.82 Å². The molecular formula is C13H16N4O. The van der Waals surface area contributed by atoms with Gasteiger partial charge < -0.3 is 10.5 Å². The highest BCUT2D eigenvalue weighted by Gasteiger charge is 2.04. The van der Waals surface area contributed by atoms with Crippen LogP contribution in [-0.2, 0) is 6.42 Å². The zero-order valence-corrected chi connectivity index (χ0v) is 10.6. The molecule has 0 radical (unpaired) electrons. The quantitative estimate of drug-likeness (QED) is 0.894. The van der Waals surface area contributed by atoms with Gasteiger partial charge in [-0.15, -0.1) is 0 Å². The van der Waals surface area contributed by atoms with Gasteiger partial charge in [-0.3, -0.25) is 4.98 Å². The van der Waals surface area contributed by atoms with E-state index in [1.54, 1.807) is 12.3 Å². The van der Waals surface area contributed by atoms with Crippen LogP contribution in [-0.4, -0.2) is 15.0 Å². The van der Waals surface area contributed by atoms with E-state index >= 15 is 0 Å². The maximum Gasteiger partial charge on any atom is 0.224 e. The van der Waals surface area contributed by atoms with Crippen molar-refractivity contribution in [3.63, 3.8) is 0 Å². The molecule has 5 nitrogen and oxygen atoms in total. The van der Waals surface area contributed by atoms with Gasteiger partial charge in [0.25, 0.3) is 0 Å². The van der Waals surface area contributed by atoms with E-state index in [0.717, 1.165) is 18.5 Å². The maximum absolute atomic E-state index is 5.72. The summed E-state index contributed by atoms with van der Waals surface area (Å²) in [6.45, 7) is 3.99. The lowest BCUT2D eigenvalue weighted by molar-refractivity contribution is 0.456. The number of nitrogens with zero attached hydrogens (tertiary/aromatic N) is 3. The van der Waals surface area contributed by atoms with Gasteiger partial charge in [0, 0.05) is 18.2 Å². The van der Waals surface area contributed by atoms with Gasteiger partial charge in [0.15, 0.2) is 0 Å². The summed E-state index contributed by atoms with van der Waals surface area (Å²) >= 11 is 0. The van der Waals surface area contributed by atoms with Crippen molar-refractivity contribution in [3.8, 4) is 11.6 Å². The van der Waals surface area contributed by atoms with E-state index in [0.29, 0.717) is 23.3 Å². The molecule has 0 saturated heterocycles. The molecule has 0 saturated carbocycles. The minimum Gasteiger partial charge on any atom is -0.437 e. The van der Waals surface area contributed by atoms with Crippen LogP contribution < -0.4 is 10.5 Å². The molecule has 0 aliphatic rings. The zero-order valence-electron chi connectivity index (χ0n) is 10.6. The molecule has 0 aromatic carbocycles. The standard InChI is InChI=1S/C13H16N4O/c1-3-4-12-16-11(14)7-13(17-12)18-10-6-5-9(2)15-8-10/h5-8H,3-4H2,1-2H3,(H2,14,16,17). The molecule has 18 heavy (non-hydrogen) atoms. The van der Waals surface area contributed by atoms with Crippen molar-refractivity contribution in [2.75, 3.05) is 5.73 Å². The Labute approximate surface area is 106 Å². The third-order valence-electron chi connectivity index (χ3n) is 2.35. The smallest absolute Gasteiger partial charge is 0.224 e. The Morgan fingerprint density at radius 1 is 1.28 bits per heavy atom. The SMILES string of the molecule is CCCc1nc(N)cc(Oc2ccc(C)nc2)n1. The van der Waals surface area contributed by atoms with E-state index in [4.69, 9.17) is 10.5 Å². The Morgan fingerprint density at radius 2 is 2.11 bits per heavy atom. The number of aryl methyl sites for hydroxylation is 2. The zero-order chi connectivity index (χ0) is 13.0. The lowest BCUT2D eigenvalue weighted by Gasteiger charge is -2.07. The fourth-order valence-electron chi connectivity index (χ4n) is 1.52. The maximum atomic E-state index is 5.72. The summed E-state index contributed by atoms with van der Waals surface area (Å²) in [4.78, 5) is 12.6. The Morgan fingerprint density at radius 3 is 2.78 bits per heavy atom. The number of anilines is 1. The van der Waals surface area contributed by atoms with E-state index in [9.17, 15) is 0 Å².